The molecule has 0 saturated carbocycles. The van der Waals surface area contributed by atoms with Gasteiger partial charge in [0.15, 0.2) is 0 Å². The fourth-order valence-corrected chi connectivity index (χ4v) is 7.77. The minimum atomic E-state index is 1.17. The van der Waals surface area contributed by atoms with Gasteiger partial charge in [0.1, 0.15) is 0 Å². The SMILES string of the molecule is c1ccc(-c2ccc(-c3ccc4c(c3)c3cc(-c5ccc6c7c(cccc57)-c5ccccc5-6)ccc3n4-c3ccccc3)cc2)cc1. The molecular weight excluding hydrogens is 567 g/mol. The first kappa shape index (κ1) is 26.1. The molecule has 1 nitrogen and oxygen atoms in total. The van der Waals surface area contributed by atoms with Crippen molar-refractivity contribution < 1.29 is 0 Å². The molecule has 0 unspecified atom stereocenters. The molecule has 0 N–H and O–H groups in total. The van der Waals surface area contributed by atoms with E-state index in [1.165, 1.54) is 93.9 Å². The number of rotatable bonds is 4. The van der Waals surface area contributed by atoms with Gasteiger partial charge in [-0.2, -0.15) is 0 Å². The first-order valence-corrected chi connectivity index (χ1v) is 16.3. The molecule has 1 aliphatic rings. The lowest BCUT2D eigenvalue weighted by molar-refractivity contribution is 1.18. The van der Waals surface area contributed by atoms with E-state index in [1.54, 1.807) is 0 Å². The van der Waals surface area contributed by atoms with Crippen molar-refractivity contribution in [2.75, 3.05) is 0 Å². The highest BCUT2D eigenvalue weighted by Gasteiger charge is 2.22. The fraction of sp³-hybridized carbons (Fsp3) is 0. The van der Waals surface area contributed by atoms with Gasteiger partial charge in [-0.3, -0.25) is 0 Å². The number of aromatic nitrogens is 1. The first-order chi connectivity index (χ1) is 23.3. The molecule has 47 heavy (non-hydrogen) atoms. The molecule has 1 aromatic heterocycles. The van der Waals surface area contributed by atoms with Crippen LogP contribution in [-0.4, -0.2) is 4.57 Å². The number of hydrogen-bond donors (Lipinski definition) is 0. The summed E-state index contributed by atoms with van der Waals surface area (Å²) in [6.45, 7) is 0. The number of fused-ring (bicyclic) bond motifs is 6. The van der Waals surface area contributed by atoms with Crippen molar-refractivity contribution >= 4 is 32.6 Å². The second-order valence-corrected chi connectivity index (χ2v) is 12.5. The zero-order chi connectivity index (χ0) is 30.9. The predicted octanol–water partition coefficient (Wildman–Crippen LogP) is 12.6. The van der Waals surface area contributed by atoms with Gasteiger partial charge in [-0.15, -0.1) is 0 Å². The Labute approximate surface area is 273 Å². The Morgan fingerprint density at radius 3 is 1.47 bits per heavy atom. The summed E-state index contributed by atoms with van der Waals surface area (Å²) < 4.78 is 2.40. The van der Waals surface area contributed by atoms with Crippen LogP contribution in [0.2, 0.25) is 0 Å². The van der Waals surface area contributed by atoms with E-state index in [9.17, 15) is 0 Å². The molecule has 0 radical (unpaired) electrons. The van der Waals surface area contributed by atoms with Crippen molar-refractivity contribution in [2.24, 2.45) is 0 Å². The predicted molar refractivity (Wildman–Crippen MR) is 199 cm³/mol. The summed E-state index contributed by atoms with van der Waals surface area (Å²) >= 11 is 0. The maximum absolute atomic E-state index is 2.41. The molecular formula is C46H29N. The normalized spacial score (nSPS) is 11.8. The topological polar surface area (TPSA) is 4.93 Å². The quantitative estimate of drug-likeness (QED) is 0.191. The van der Waals surface area contributed by atoms with Gasteiger partial charge in [0.2, 0.25) is 0 Å². The van der Waals surface area contributed by atoms with Crippen molar-refractivity contribution in [1.82, 2.24) is 4.57 Å². The third-order valence-electron chi connectivity index (χ3n) is 9.96. The molecule has 1 aliphatic carbocycles. The van der Waals surface area contributed by atoms with Gasteiger partial charge in [0.25, 0.3) is 0 Å². The molecule has 10 rings (SSSR count). The molecule has 0 saturated heterocycles. The summed E-state index contributed by atoms with van der Waals surface area (Å²) in [5.74, 6) is 0. The lowest BCUT2D eigenvalue weighted by atomic mass is 9.93. The molecule has 0 spiro atoms. The number of para-hydroxylation sites is 1. The molecule has 0 amide bonds. The van der Waals surface area contributed by atoms with Gasteiger partial charge in [-0.05, 0) is 103 Å². The summed E-state index contributed by atoms with van der Waals surface area (Å²) in [6.07, 6.45) is 0. The van der Waals surface area contributed by atoms with Crippen LogP contribution < -0.4 is 0 Å². The number of nitrogens with zero attached hydrogens (tertiary/aromatic N) is 1. The Bertz CT molecular complexity index is 2610. The van der Waals surface area contributed by atoms with Crippen LogP contribution in [0.25, 0.3) is 93.9 Å². The van der Waals surface area contributed by atoms with Gasteiger partial charge in [-0.25, -0.2) is 0 Å². The van der Waals surface area contributed by atoms with Crippen LogP contribution in [0.1, 0.15) is 0 Å². The van der Waals surface area contributed by atoms with E-state index in [1.807, 2.05) is 0 Å². The fourth-order valence-electron chi connectivity index (χ4n) is 7.77. The van der Waals surface area contributed by atoms with E-state index < -0.39 is 0 Å². The van der Waals surface area contributed by atoms with E-state index >= 15 is 0 Å². The molecule has 0 bridgehead atoms. The van der Waals surface area contributed by atoms with Crippen LogP contribution in [-0.2, 0) is 0 Å². The van der Waals surface area contributed by atoms with E-state index in [-0.39, 0.29) is 0 Å². The highest BCUT2D eigenvalue weighted by atomic mass is 15.0. The van der Waals surface area contributed by atoms with Crippen LogP contribution in [0.5, 0.6) is 0 Å². The van der Waals surface area contributed by atoms with Crippen molar-refractivity contribution in [3.63, 3.8) is 0 Å². The second kappa shape index (κ2) is 10.2. The third-order valence-corrected chi connectivity index (χ3v) is 9.96. The monoisotopic (exact) mass is 595 g/mol. The van der Waals surface area contributed by atoms with E-state index in [0.29, 0.717) is 0 Å². The second-order valence-electron chi connectivity index (χ2n) is 12.5. The van der Waals surface area contributed by atoms with Crippen molar-refractivity contribution in [1.29, 1.82) is 0 Å². The Kier molecular flexibility index (Phi) is 5.64. The van der Waals surface area contributed by atoms with E-state index in [4.69, 9.17) is 0 Å². The summed E-state index contributed by atoms with van der Waals surface area (Å²) in [6, 6.07) is 64.4. The van der Waals surface area contributed by atoms with Gasteiger partial charge in [0, 0.05) is 16.5 Å². The molecule has 0 fully saturated rings. The van der Waals surface area contributed by atoms with Crippen LogP contribution in [0.3, 0.4) is 0 Å². The van der Waals surface area contributed by atoms with Crippen LogP contribution in [0.4, 0.5) is 0 Å². The molecule has 1 heteroatoms. The average molecular weight is 596 g/mol. The Morgan fingerprint density at radius 2 is 0.766 bits per heavy atom. The maximum atomic E-state index is 2.41. The Morgan fingerprint density at radius 1 is 0.277 bits per heavy atom. The average Bonchev–Trinajstić information content (AvgIpc) is 3.66. The maximum Gasteiger partial charge on any atom is 0.0541 e. The first-order valence-electron chi connectivity index (χ1n) is 16.3. The summed E-state index contributed by atoms with van der Waals surface area (Å²) in [7, 11) is 0. The standard InChI is InChI=1S/C46H29N/c1-3-10-30(11-4-1)31-18-20-32(21-19-31)33-22-26-44-42(28-33)43-29-34(23-27-45(43)47(44)35-12-5-2-6-13-35)36-24-25-41-38-15-8-7-14-37(38)40-17-9-16-39(36)46(40)41/h1-29H. The van der Waals surface area contributed by atoms with Crippen molar-refractivity contribution in [2.45, 2.75) is 0 Å². The highest BCUT2D eigenvalue weighted by molar-refractivity contribution is 6.19. The molecule has 9 aromatic rings. The van der Waals surface area contributed by atoms with Crippen LogP contribution in [0, 0.1) is 0 Å². The zero-order valence-electron chi connectivity index (χ0n) is 25.7. The number of benzene rings is 8. The minimum Gasteiger partial charge on any atom is -0.309 e. The Balaban J connectivity index is 1.17. The van der Waals surface area contributed by atoms with Gasteiger partial charge < -0.3 is 4.57 Å². The molecule has 218 valence electrons. The van der Waals surface area contributed by atoms with E-state index in [2.05, 4.69) is 180 Å². The molecule has 0 aliphatic heterocycles. The number of hydrogen-bond acceptors (Lipinski definition) is 0. The molecule has 1 heterocycles. The Hall–Kier alpha value is -6.18. The molecule has 8 aromatic carbocycles. The van der Waals surface area contributed by atoms with E-state index in [0.717, 1.165) is 0 Å². The summed E-state index contributed by atoms with van der Waals surface area (Å²) in [5.41, 5.74) is 16.3. The van der Waals surface area contributed by atoms with Crippen molar-refractivity contribution in [3.8, 4) is 61.3 Å². The van der Waals surface area contributed by atoms with Crippen molar-refractivity contribution in [3.05, 3.63) is 176 Å². The summed E-state index contributed by atoms with van der Waals surface area (Å²) in [5, 5.41) is 5.19. The van der Waals surface area contributed by atoms with Gasteiger partial charge in [0.05, 0.1) is 11.0 Å². The lowest BCUT2D eigenvalue weighted by Crippen LogP contribution is -1.93. The lowest BCUT2D eigenvalue weighted by Gasteiger charge is -2.11. The smallest absolute Gasteiger partial charge is 0.0541 e. The summed E-state index contributed by atoms with van der Waals surface area (Å²) in [4.78, 5) is 0. The van der Waals surface area contributed by atoms with Crippen LogP contribution >= 0.6 is 0 Å². The largest absolute Gasteiger partial charge is 0.309 e. The van der Waals surface area contributed by atoms with Gasteiger partial charge in [-0.1, -0.05) is 140 Å². The van der Waals surface area contributed by atoms with Crippen LogP contribution in [0.15, 0.2) is 176 Å². The molecule has 0 atom stereocenters. The minimum absolute atomic E-state index is 1.17. The van der Waals surface area contributed by atoms with Gasteiger partial charge >= 0.3 is 0 Å². The third kappa shape index (κ3) is 3.97. The highest BCUT2D eigenvalue weighted by Crippen LogP contribution is 2.49. The zero-order valence-corrected chi connectivity index (χ0v) is 25.7.